The molecule has 1 fully saturated rings. The summed E-state index contributed by atoms with van der Waals surface area (Å²) in [5.41, 5.74) is 6.56. The SMILES string of the molecule is Nc1ccc(N2CCS(=O)(=O)CC2)c(C(=O)O)c1. The van der Waals surface area contributed by atoms with E-state index in [0.717, 1.165) is 0 Å². The van der Waals surface area contributed by atoms with Crippen LogP contribution in [0.4, 0.5) is 11.4 Å². The van der Waals surface area contributed by atoms with Gasteiger partial charge < -0.3 is 15.7 Å². The molecule has 3 N–H and O–H groups in total. The van der Waals surface area contributed by atoms with Gasteiger partial charge in [-0.15, -0.1) is 0 Å². The van der Waals surface area contributed by atoms with Gasteiger partial charge in [0.2, 0.25) is 0 Å². The van der Waals surface area contributed by atoms with Crippen LogP contribution in [0, 0.1) is 0 Å². The molecular formula is C11H14N2O4S. The van der Waals surface area contributed by atoms with Gasteiger partial charge in [-0.3, -0.25) is 0 Å². The Hall–Kier alpha value is -1.76. The van der Waals surface area contributed by atoms with Gasteiger partial charge in [0.15, 0.2) is 9.84 Å². The van der Waals surface area contributed by atoms with E-state index in [2.05, 4.69) is 0 Å². The van der Waals surface area contributed by atoms with Crippen LogP contribution in [-0.4, -0.2) is 44.1 Å². The Morgan fingerprint density at radius 3 is 2.44 bits per heavy atom. The van der Waals surface area contributed by atoms with E-state index < -0.39 is 15.8 Å². The fourth-order valence-electron chi connectivity index (χ4n) is 1.95. The molecule has 6 nitrogen and oxygen atoms in total. The van der Waals surface area contributed by atoms with Crippen molar-refractivity contribution in [1.82, 2.24) is 0 Å². The van der Waals surface area contributed by atoms with Crippen molar-refractivity contribution in [2.24, 2.45) is 0 Å². The number of nitrogens with two attached hydrogens (primary N) is 1. The van der Waals surface area contributed by atoms with Gasteiger partial charge in [0, 0.05) is 18.8 Å². The lowest BCUT2D eigenvalue weighted by Gasteiger charge is -2.29. The second-order valence-electron chi connectivity index (χ2n) is 4.22. The Morgan fingerprint density at radius 1 is 1.28 bits per heavy atom. The van der Waals surface area contributed by atoms with Crippen LogP contribution >= 0.6 is 0 Å². The minimum absolute atomic E-state index is 0.0520. The molecule has 0 bridgehead atoms. The Balaban J connectivity index is 2.32. The highest BCUT2D eigenvalue weighted by molar-refractivity contribution is 7.91. The number of carbonyl (C=O) groups is 1. The summed E-state index contributed by atoms with van der Waals surface area (Å²) in [4.78, 5) is 12.9. The molecule has 0 atom stereocenters. The van der Waals surface area contributed by atoms with Crippen molar-refractivity contribution >= 4 is 27.2 Å². The summed E-state index contributed by atoms with van der Waals surface area (Å²) >= 11 is 0. The normalized spacial score (nSPS) is 18.6. The first-order valence-corrected chi connectivity index (χ1v) is 7.29. The first kappa shape index (κ1) is 12.7. The van der Waals surface area contributed by atoms with Crippen LogP contribution in [0.1, 0.15) is 10.4 Å². The monoisotopic (exact) mass is 270 g/mol. The van der Waals surface area contributed by atoms with Crippen molar-refractivity contribution < 1.29 is 18.3 Å². The highest BCUT2D eigenvalue weighted by atomic mass is 32.2. The molecule has 18 heavy (non-hydrogen) atoms. The largest absolute Gasteiger partial charge is 0.478 e. The van der Waals surface area contributed by atoms with Crippen molar-refractivity contribution in [2.45, 2.75) is 0 Å². The fraction of sp³-hybridized carbons (Fsp3) is 0.364. The van der Waals surface area contributed by atoms with Gasteiger partial charge in [0.25, 0.3) is 0 Å². The average Bonchev–Trinajstić information content (AvgIpc) is 2.29. The molecule has 1 aromatic rings. The molecular weight excluding hydrogens is 256 g/mol. The van der Waals surface area contributed by atoms with Crippen molar-refractivity contribution in [3.63, 3.8) is 0 Å². The molecule has 0 amide bonds. The number of hydrogen-bond acceptors (Lipinski definition) is 5. The van der Waals surface area contributed by atoms with E-state index in [1.807, 2.05) is 0 Å². The van der Waals surface area contributed by atoms with E-state index in [1.165, 1.54) is 6.07 Å². The Bertz CT molecular complexity index is 569. The van der Waals surface area contributed by atoms with Crippen molar-refractivity contribution in [3.05, 3.63) is 23.8 Å². The van der Waals surface area contributed by atoms with Crippen LogP contribution in [0.2, 0.25) is 0 Å². The minimum atomic E-state index is -2.98. The maximum atomic E-state index is 11.3. The van der Waals surface area contributed by atoms with Gasteiger partial charge in [-0.2, -0.15) is 0 Å². The molecule has 0 spiro atoms. The number of nitrogen functional groups attached to an aromatic ring is 1. The zero-order chi connectivity index (χ0) is 13.3. The van der Waals surface area contributed by atoms with Gasteiger partial charge in [-0.05, 0) is 18.2 Å². The van der Waals surface area contributed by atoms with E-state index in [-0.39, 0.29) is 17.1 Å². The molecule has 1 aliphatic heterocycles. The van der Waals surface area contributed by atoms with Gasteiger partial charge in [0.1, 0.15) is 0 Å². The van der Waals surface area contributed by atoms with Crippen LogP contribution in [0.15, 0.2) is 18.2 Å². The van der Waals surface area contributed by atoms with Gasteiger partial charge in [0.05, 0.1) is 22.8 Å². The van der Waals surface area contributed by atoms with Crippen molar-refractivity contribution in [2.75, 3.05) is 35.2 Å². The maximum Gasteiger partial charge on any atom is 0.337 e. The van der Waals surface area contributed by atoms with E-state index in [4.69, 9.17) is 10.8 Å². The number of anilines is 2. The number of nitrogens with zero attached hydrogens (tertiary/aromatic N) is 1. The predicted molar refractivity (Wildman–Crippen MR) is 68.7 cm³/mol. The van der Waals surface area contributed by atoms with Crippen LogP contribution in [0.3, 0.4) is 0 Å². The summed E-state index contributed by atoms with van der Waals surface area (Å²) in [6.45, 7) is 0.624. The van der Waals surface area contributed by atoms with Gasteiger partial charge in [-0.25, -0.2) is 13.2 Å². The quantitative estimate of drug-likeness (QED) is 0.745. The number of hydrogen-bond donors (Lipinski definition) is 2. The van der Waals surface area contributed by atoms with E-state index in [1.54, 1.807) is 17.0 Å². The predicted octanol–water partition coefficient (Wildman–Crippen LogP) is 0.202. The molecule has 1 saturated heterocycles. The molecule has 0 radical (unpaired) electrons. The highest BCUT2D eigenvalue weighted by Gasteiger charge is 2.24. The fourth-order valence-corrected chi connectivity index (χ4v) is 3.16. The molecule has 7 heteroatoms. The van der Waals surface area contributed by atoms with Crippen molar-refractivity contribution in [3.8, 4) is 0 Å². The Kier molecular flexibility index (Phi) is 3.16. The number of carboxylic acid groups (broad SMARTS) is 1. The third-order valence-electron chi connectivity index (χ3n) is 2.94. The molecule has 1 aliphatic rings. The molecule has 0 aliphatic carbocycles. The number of sulfone groups is 1. The third-order valence-corrected chi connectivity index (χ3v) is 4.55. The molecule has 0 unspecified atom stereocenters. The zero-order valence-electron chi connectivity index (χ0n) is 9.67. The summed E-state index contributed by atoms with van der Waals surface area (Å²) in [5, 5.41) is 9.12. The molecule has 1 heterocycles. The van der Waals surface area contributed by atoms with E-state index in [0.29, 0.717) is 24.5 Å². The third kappa shape index (κ3) is 2.56. The lowest BCUT2D eigenvalue weighted by Crippen LogP contribution is -2.40. The lowest BCUT2D eigenvalue weighted by atomic mass is 10.1. The topological polar surface area (TPSA) is 101 Å². The summed E-state index contributed by atoms with van der Waals surface area (Å²) < 4.78 is 22.7. The maximum absolute atomic E-state index is 11.3. The van der Waals surface area contributed by atoms with Gasteiger partial charge in [-0.1, -0.05) is 0 Å². The molecule has 1 aromatic carbocycles. The standard InChI is InChI=1S/C11H14N2O4S/c12-8-1-2-10(9(7-8)11(14)15)13-3-5-18(16,17)6-4-13/h1-2,7H,3-6,12H2,(H,14,15). The number of rotatable bonds is 2. The number of benzene rings is 1. The van der Waals surface area contributed by atoms with Crippen LogP contribution in [-0.2, 0) is 9.84 Å². The lowest BCUT2D eigenvalue weighted by molar-refractivity contribution is 0.0697. The van der Waals surface area contributed by atoms with Crippen LogP contribution in [0.25, 0.3) is 0 Å². The van der Waals surface area contributed by atoms with E-state index in [9.17, 15) is 13.2 Å². The first-order valence-electron chi connectivity index (χ1n) is 5.47. The molecule has 2 rings (SSSR count). The summed E-state index contributed by atoms with van der Waals surface area (Å²) in [6, 6.07) is 4.63. The minimum Gasteiger partial charge on any atom is -0.478 e. The number of carboxylic acids is 1. The van der Waals surface area contributed by atoms with Gasteiger partial charge >= 0.3 is 5.97 Å². The van der Waals surface area contributed by atoms with Crippen molar-refractivity contribution in [1.29, 1.82) is 0 Å². The van der Waals surface area contributed by atoms with Crippen LogP contribution < -0.4 is 10.6 Å². The summed E-state index contributed by atoms with van der Waals surface area (Å²) in [5.74, 6) is -0.960. The summed E-state index contributed by atoms with van der Waals surface area (Å²) in [7, 11) is -2.98. The smallest absolute Gasteiger partial charge is 0.337 e. The van der Waals surface area contributed by atoms with Crippen LogP contribution in [0.5, 0.6) is 0 Å². The first-order chi connectivity index (χ1) is 8.39. The summed E-state index contributed by atoms with van der Waals surface area (Å²) in [6.07, 6.45) is 0. The Labute approximate surface area is 105 Å². The second-order valence-corrected chi connectivity index (χ2v) is 6.52. The second kappa shape index (κ2) is 4.49. The zero-order valence-corrected chi connectivity index (χ0v) is 10.5. The molecule has 0 aromatic heterocycles. The molecule has 0 saturated carbocycles. The average molecular weight is 270 g/mol. The Morgan fingerprint density at radius 2 is 1.89 bits per heavy atom. The number of aromatic carboxylic acids is 1. The van der Waals surface area contributed by atoms with E-state index >= 15 is 0 Å². The molecule has 98 valence electrons. The highest BCUT2D eigenvalue weighted by Crippen LogP contribution is 2.24.